The molecule has 0 spiro atoms. The molecule has 0 fully saturated rings. The molecule has 108 valence electrons. The standard InChI is InChI=1S/C15H19BrN2O2/c1-15(2,3)18-13(16)9-10(17-18)14-11(19-4)7-6-8-12(14)20-5/h6-9H,1-5H3. The number of benzene rings is 1. The van der Waals surface area contributed by atoms with Crippen molar-refractivity contribution in [3.8, 4) is 22.8 Å². The van der Waals surface area contributed by atoms with E-state index in [9.17, 15) is 0 Å². The van der Waals surface area contributed by atoms with Gasteiger partial charge in [0.15, 0.2) is 0 Å². The molecule has 0 aliphatic heterocycles. The zero-order valence-corrected chi connectivity index (χ0v) is 14.0. The maximum absolute atomic E-state index is 5.43. The number of nitrogens with zero attached hydrogens (tertiary/aromatic N) is 2. The number of hydrogen-bond donors (Lipinski definition) is 0. The van der Waals surface area contributed by atoms with Crippen LogP contribution < -0.4 is 9.47 Å². The third kappa shape index (κ3) is 2.68. The second kappa shape index (κ2) is 5.48. The van der Waals surface area contributed by atoms with Gasteiger partial charge in [0, 0.05) is 0 Å². The topological polar surface area (TPSA) is 36.3 Å². The summed E-state index contributed by atoms with van der Waals surface area (Å²) in [4.78, 5) is 0. The minimum absolute atomic E-state index is 0.105. The minimum Gasteiger partial charge on any atom is -0.496 e. The Bertz CT molecular complexity index is 593. The van der Waals surface area contributed by atoms with Gasteiger partial charge in [0.25, 0.3) is 0 Å². The molecule has 1 aromatic heterocycles. The molecule has 0 N–H and O–H groups in total. The van der Waals surface area contributed by atoms with E-state index in [4.69, 9.17) is 9.47 Å². The first-order chi connectivity index (χ1) is 9.38. The Labute approximate surface area is 127 Å². The molecule has 0 saturated carbocycles. The maximum atomic E-state index is 5.43. The number of hydrogen-bond acceptors (Lipinski definition) is 3. The summed E-state index contributed by atoms with van der Waals surface area (Å²) in [7, 11) is 3.29. The van der Waals surface area contributed by atoms with Crippen molar-refractivity contribution in [2.75, 3.05) is 14.2 Å². The van der Waals surface area contributed by atoms with Crippen LogP contribution in [0.1, 0.15) is 20.8 Å². The van der Waals surface area contributed by atoms with Gasteiger partial charge in [-0.3, -0.25) is 4.68 Å². The molecule has 0 saturated heterocycles. The summed E-state index contributed by atoms with van der Waals surface area (Å²) in [5.74, 6) is 1.49. The van der Waals surface area contributed by atoms with Crippen LogP contribution in [0.2, 0.25) is 0 Å². The van der Waals surface area contributed by atoms with Gasteiger partial charge in [-0.05, 0) is 54.9 Å². The molecule has 0 bridgehead atoms. The molecule has 0 amide bonds. The second-order valence-corrected chi connectivity index (χ2v) is 6.28. The van der Waals surface area contributed by atoms with Crippen LogP contribution in [-0.2, 0) is 5.54 Å². The quantitative estimate of drug-likeness (QED) is 0.845. The molecule has 5 heteroatoms. The molecule has 0 aliphatic carbocycles. The third-order valence-electron chi connectivity index (χ3n) is 2.99. The molecule has 2 aromatic rings. The third-order valence-corrected chi connectivity index (χ3v) is 3.55. The van der Waals surface area contributed by atoms with Crippen LogP contribution in [0.25, 0.3) is 11.3 Å². The first-order valence-electron chi connectivity index (χ1n) is 6.36. The molecule has 1 aromatic carbocycles. The van der Waals surface area contributed by atoms with E-state index < -0.39 is 0 Å². The molecule has 0 aliphatic rings. The highest BCUT2D eigenvalue weighted by Gasteiger charge is 2.22. The van der Waals surface area contributed by atoms with Gasteiger partial charge in [-0.25, -0.2) is 0 Å². The van der Waals surface area contributed by atoms with E-state index in [-0.39, 0.29) is 5.54 Å². The van der Waals surface area contributed by atoms with Gasteiger partial charge in [-0.2, -0.15) is 5.10 Å². The van der Waals surface area contributed by atoms with Crippen molar-refractivity contribution in [1.29, 1.82) is 0 Å². The summed E-state index contributed by atoms with van der Waals surface area (Å²) in [5.41, 5.74) is 1.58. The molecule has 4 nitrogen and oxygen atoms in total. The summed E-state index contributed by atoms with van der Waals surface area (Å²) in [6.07, 6.45) is 0. The van der Waals surface area contributed by atoms with Gasteiger partial charge in [-0.15, -0.1) is 0 Å². The van der Waals surface area contributed by atoms with Crippen molar-refractivity contribution < 1.29 is 9.47 Å². The van der Waals surface area contributed by atoms with E-state index in [1.54, 1.807) is 14.2 Å². The normalized spacial score (nSPS) is 11.5. The predicted octanol–water partition coefficient (Wildman–Crippen LogP) is 4.08. The van der Waals surface area contributed by atoms with E-state index in [1.165, 1.54) is 0 Å². The first-order valence-corrected chi connectivity index (χ1v) is 7.15. The van der Waals surface area contributed by atoms with Crippen molar-refractivity contribution in [2.45, 2.75) is 26.3 Å². The van der Waals surface area contributed by atoms with Crippen molar-refractivity contribution >= 4 is 15.9 Å². The zero-order valence-electron chi connectivity index (χ0n) is 12.4. The van der Waals surface area contributed by atoms with Crippen molar-refractivity contribution in [3.63, 3.8) is 0 Å². The molecule has 2 rings (SSSR count). The first kappa shape index (κ1) is 14.9. The fourth-order valence-electron chi connectivity index (χ4n) is 2.05. The molecular formula is C15H19BrN2O2. The fraction of sp³-hybridized carbons (Fsp3) is 0.400. The van der Waals surface area contributed by atoms with Crippen LogP contribution >= 0.6 is 15.9 Å². The lowest BCUT2D eigenvalue weighted by atomic mass is 10.1. The molecule has 0 atom stereocenters. The molecule has 1 heterocycles. The predicted molar refractivity (Wildman–Crippen MR) is 83.5 cm³/mol. The number of aromatic nitrogens is 2. The van der Waals surface area contributed by atoms with E-state index >= 15 is 0 Å². The summed E-state index contributed by atoms with van der Waals surface area (Å²) in [6.45, 7) is 6.32. The summed E-state index contributed by atoms with van der Waals surface area (Å²) < 4.78 is 13.7. The van der Waals surface area contributed by atoms with Crippen molar-refractivity contribution in [2.24, 2.45) is 0 Å². The van der Waals surface area contributed by atoms with Crippen LogP contribution in [0.4, 0.5) is 0 Å². The summed E-state index contributed by atoms with van der Waals surface area (Å²) in [6, 6.07) is 7.69. The lowest BCUT2D eigenvalue weighted by molar-refractivity contribution is 0.349. The SMILES string of the molecule is COc1cccc(OC)c1-c1cc(Br)n(C(C)(C)C)n1. The largest absolute Gasteiger partial charge is 0.496 e. The Morgan fingerprint density at radius 3 is 2.05 bits per heavy atom. The average molecular weight is 339 g/mol. The van der Waals surface area contributed by atoms with Gasteiger partial charge in [-0.1, -0.05) is 6.07 Å². The number of rotatable bonds is 3. The maximum Gasteiger partial charge on any atom is 0.132 e. The Balaban J connectivity index is 2.63. The Morgan fingerprint density at radius 1 is 1.10 bits per heavy atom. The minimum atomic E-state index is -0.105. The number of methoxy groups -OCH3 is 2. The van der Waals surface area contributed by atoms with E-state index in [2.05, 4.69) is 41.8 Å². The smallest absolute Gasteiger partial charge is 0.132 e. The highest BCUT2D eigenvalue weighted by molar-refractivity contribution is 9.10. The van der Waals surface area contributed by atoms with Crippen LogP contribution in [0.3, 0.4) is 0 Å². The van der Waals surface area contributed by atoms with Crippen LogP contribution in [0, 0.1) is 0 Å². The summed E-state index contributed by atoms with van der Waals surface area (Å²) >= 11 is 3.56. The van der Waals surface area contributed by atoms with Gasteiger partial charge in [0.2, 0.25) is 0 Å². The Morgan fingerprint density at radius 2 is 1.65 bits per heavy atom. The van der Waals surface area contributed by atoms with Gasteiger partial charge in [0.05, 0.1) is 25.3 Å². The monoisotopic (exact) mass is 338 g/mol. The van der Waals surface area contributed by atoms with Crippen molar-refractivity contribution in [1.82, 2.24) is 9.78 Å². The highest BCUT2D eigenvalue weighted by Crippen LogP contribution is 2.39. The van der Waals surface area contributed by atoms with Crippen LogP contribution in [0.5, 0.6) is 11.5 Å². The number of ether oxygens (including phenoxy) is 2. The highest BCUT2D eigenvalue weighted by atomic mass is 79.9. The molecule has 0 radical (unpaired) electrons. The van der Waals surface area contributed by atoms with E-state index in [0.29, 0.717) is 0 Å². The molecule has 0 unspecified atom stereocenters. The number of halogens is 1. The zero-order chi connectivity index (χ0) is 14.9. The van der Waals surface area contributed by atoms with Gasteiger partial charge < -0.3 is 9.47 Å². The second-order valence-electron chi connectivity index (χ2n) is 5.47. The molecular weight excluding hydrogens is 320 g/mol. The molecule has 20 heavy (non-hydrogen) atoms. The average Bonchev–Trinajstić information content (AvgIpc) is 2.79. The Kier molecular flexibility index (Phi) is 4.09. The van der Waals surface area contributed by atoms with Gasteiger partial charge >= 0.3 is 0 Å². The Hall–Kier alpha value is -1.49. The fourth-order valence-corrected chi connectivity index (χ4v) is 2.88. The summed E-state index contributed by atoms with van der Waals surface area (Å²) in [5, 5.41) is 4.68. The van der Waals surface area contributed by atoms with Crippen LogP contribution in [-0.4, -0.2) is 24.0 Å². The lowest BCUT2D eigenvalue weighted by Crippen LogP contribution is -2.23. The van der Waals surface area contributed by atoms with E-state index in [1.807, 2.05) is 28.9 Å². The van der Waals surface area contributed by atoms with Gasteiger partial charge in [0.1, 0.15) is 21.8 Å². The van der Waals surface area contributed by atoms with Crippen molar-refractivity contribution in [3.05, 3.63) is 28.9 Å². The lowest BCUT2D eigenvalue weighted by Gasteiger charge is -2.20. The van der Waals surface area contributed by atoms with Crippen LogP contribution in [0.15, 0.2) is 28.9 Å². The van der Waals surface area contributed by atoms with E-state index in [0.717, 1.165) is 27.4 Å².